The third-order valence-electron chi connectivity index (χ3n) is 4.12. The van der Waals surface area contributed by atoms with Crippen molar-refractivity contribution in [1.82, 2.24) is 15.0 Å². The standard InChI is InChI=1S/C21H24N6O2/c1-15-4-6-17(7-5-15)26-19-14-22-10-8-18(19)27-20(28)16-12-24-21(25-13-16)23-9-3-11-29-2/h4-8,10,12-14,26H,3,9,11H2,1-2H3,(H,22,27,28)(H,23,24,25). The SMILES string of the molecule is COCCCNc1ncc(C(=O)Nc2ccncc2Nc2ccc(C)cc2)cn1. The van der Waals surface area contributed by atoms with Crippen LogP contribution in [0.15, 0.2) is 55.1 Å². The zero-order valence-corrected chi connectivity index (χ0v) is 16.5. The Morgan fingerprint density at radius 2 is 1.79 bits per heavy atom. The predicted molar refractivity (Wildman–Crippen MR) is 114 cm³/mol. The Kier molecular flexibility index (Phi) is 7.07. The van der Waals surface area contributed by atoms with Crippen LogP contribution in [0.5, 0.6) is 0 Å². The minimum atomic E-state index is -0.297. The van der Waals surface area contributed by atoms with Gasteiger partial charge in [0.2, 0.25) is 5.95 Å². The molecular weight excluding hydrogens is 368 g/mol. The van der Waals surface area contributed by atoms with Crippen molar-refractivity contribution < 1.29 is 9.53 Å². The molecule has 0 saturated heterocycles. The van der Waals surface area contributed by atoms with Crippen molar-refractivity contribution in [1.29, 1.82) is 0 Å². The second kappa shape index (κ2) is 10.1. The Morgan fingerprint density at radius 3 is 2.52 bits per heavy atom. The molecule has 0 radical (unpaired) electrons. The molecule has 0 unspecified atom stereocenters. The van der Waals surface area contributed by atoms with Crippen molar-refractivity contribution in [2.75, 3.05) is 36.2 Å². The third kappa shape index (κ3) is 5.98. The highest BCUT2D eigenvalue weighted by atomic mass is 16.5. The number of hydrogen-bond acceptors (Lipinski definition) is 7. The fraction of sp³-hybridized carbons (Fsp3) is 0.238. The molecule has 0 aliphatic rings. The average molecular weight is 392 g/mol. The van der Waals surface area contributed by atoms with Crippen molar-refractivity contribution in [3.05, 3.63) is 66.2 Å². The maximum atomic E-state index is 12.6. The molecule has 29 heavy (non-hydrogen) atoms. The van der Waals surface area contributed by atoms with Gasteiger partial charge in [-0.05, 0) is 31.5 Å². The van der Waals surface area contributed by atoms with Gasteiger partial charge in [-0.2, -0.15) is 0 Å². The van der Waals surface area contributed by atoms with E-state index >= 15 is 0 Å². The summed E-state index contributed by atoms with van der Waals surface area (Å²) in [6.45, 7) is 3.39. The molecule has 1 aromatic carbocycles. The third-order valence-corrected chi connectivity index (χ3v) is 4.12. The molecule has 3 rings (SSSR count). The number of methoxy groups -OCH3 is 1. The van der Waals surface area contributed by atoms with Crippen LogP contribution in [0.1, 0.15) is 22.3 Å². The van der Waals surface area contributed by atoms with E-state index < -0.39 is 0 Å². The number of nitrogens with zero attached hydrogens (tertiary/aromatic N) is 3. The fourth-order valence-corrected chi connectivity index (χ4v) is 2.54. The Balaban J connectivity index is 1.64. The zero-order chi connectivity index (χ0) is 20.5. The summed E-state index contributed by atoms with van der Waals surface area (Å²) in [6, 6.07) is 9.71. The molecule has 8 heteroatoms. The molecule has 8 nitrogen and oxygen atoms in total. The van der Waals surface area contributed by atoms with E-state index in [1.54, 1.807) is 25.6 Å². The number of anilines is 4. The lowest BCUT2D eigenvalue weighted by atomic mass is 10.2. The number of hydrogen-bond donors (Lipinski definition) is 3. The lowest BCUT2D eigenvalue weighted by Gasteiger charge is -2.13. The van der Waals surface area contributed by atoms with Crippen LogP contribution in [0.4, 0.5) is 23.0 Å². The summed E-state index contributed by atoms with van der Waals surface area (Å²) in [5.74, 6) is 0.178. The summed E-state index contributed by atoms with van der Waals surface area (Å²) < 4.78 is 5.00. The summed E-state index contributed by atoms with van der Waals surface area (Å²) in [5.41, 5.74) is 3.76. The van der Waals surface area contributed by atoms with Crippen LogP contribution in [-0.2, 0) is 4.74 Å². The summed E-state index contributed by atoms with van der Waals surface area (Å²) in [5, 5.41) is 9.23. The number of carbonyl (C=O) groups excluding carboxylic acids is 1. The second-order valence-electron chi connectivity index (χ2n) is 6.43. The second-order valence-corrected chi connectivity index (χ2v) is 6.43. The highest BCUT2D eigenvalue weighted by molar-refractivity contribution is 6.05. The molecule has 3 N–H and O–H groups in total. The largest absolute Gasteiger partial charge is 0.385 e. The first kappa shape index (κ1) is 20.2. The van der Waals surface area contributed by atoms with Gasteiger partial charge in [-0.3, -0.25) is 9.78 Å². The maximum absolute atomic E-state index is 12.6. The van der Waals surface area contributed by atoms with Gasteiger partial charge in [-0.25, -0.2) is 9.97 Å². The molecular formula is C21H24N6O2. The van der Waals surface area contributed by atoms with E-state index in [1.807, 2.05) is 31.2 Å². The topological polar surface area (TPSA) is 101 Å². The van der Waals surface area contributed by atoms with Gasteiger partial charge in [0.25, 0.3) is 5.91 Å². The van der Waals surface area contributed by atoms with Crippen LogP contribution in [-0.4, -0.2) is 41.1 Å². The predicted octanol–water partition coefficient (Wildman–Crippen LogP) is 3.62. The number of ether oxygens (including phenoxy) is 1. The first-order chi connectivity index (χ1) is 14.2. The normalized spacial score (nSPS) is 10.4. The number of aromatic nitrogens is 3. The highest BCUT2D eigenvalue weighted by Crippen LogP contribution is 2.25. The lowest BCUT2D eigenvalue weighted by Crippen LogP contribution is -2.15. The van der Waals surface area contributed by atoms with Gasteiger partial charge in [-0.15, -0.1) is 0 Å². The van der Waals surface area contributed by atoms with Gasteiger partial charge >= 0.3 is 0 Å². The number of nitrogens with one attached hydrogen (secondary N) is 3. The summed E-state index contributed by atoms with van der Waals surface area (Å²) >= 11 is 0. The van der Waals surface area contributed by atoms with Crippen molar-refractivity contribution in [3.8, 4) is 0 Å². The van der Waals surface area contributed by atoms with Crippen molar-refractivity contribution in [2.24, 2.45) is 0 Å². The molecule has 2 aromatic heterocycles. The van der Waals surface area contributed by atoms with E-state index in [0.717, 1.165) is 12.1 Å². The van der Waals surface area contributed by atoms with E-state index in [9.17, 15) is 4.79 Å². The quantitative estimate of drug-likeness (QED) is 0.478. The molecule has 1 amide bonds. The van der Waals surface area contributed by atoms with E-state index in [1.165, 1.54) is 18.0 Å². The Morgan fingerprint density at radius 1 is 1.03 bits per heavy atom. The smallest absolute Gasteiger partial charge is 0.258 e. The highest BCUT2D eigenvalue weighted by Gasteiger charge is 2.11. The Labute approximate surface area is 169 Å². The lowest BCUT2D eigenvalue weighted by molar-refractivity contribution is 0.102. The van der Waals surface area contributed by atoms with Gasteiger partial charge in [0.05, 0.1) is 23.1 Å². The number of benzene rings is 1. The van der Waals surface area contributed by atoms with Gasteiger partial charge in [0, 0.05) is 44.5 Å². The van der Waals surface area contributed by atoms with Crippen molar-refractivity contribution >= 4 is 28.9 Å². The Bertz CT molecular complexity index is 929. The maximum Gasteiger partial charge on any atom is 0.258 e. The Hall–Kier alpha value is -3.52. The van der Waals surface area contributed by atoms with E-state index in [0.29, 0.717) is 36.0 Å². The van der Waals surface area contributed by atoms with Gasteiger partial charge < -0.3 is 20.7 Å². The van der Waals surface area contributed by atoms with Crippen LogP contribution < -0.4 is 16.0 Å². The molecule has 0 aliphatic heterocycles. The molecule has 150 valence electrons. The first-order valence-electron chi connectivity index (χ1n) is 9.29. The number of amides is 1. The van der Waals surface area contributed by atoms with Crippen LogP contribution in [0, 0.1) is 6.92 Å². The number of pyridine rings is 1. The van der Waals surface area contributed by atoms with Crippen molar-refractivity contribution in [2.45, 2.75) is 13.3 Å². The van der Waals surface area contributed by atoms with Crippen LogP contribution >= 0.6 is 0 Å². The summed E-state index contributed by atoms with van der Waals surface area (Å²) in [6.07, 6.45) is 7.13. The molecule has 0 atom stereocenters. The monoisotopic (exact) mass is 392 g/mol. The van der Waals surface area contributed by atoms with Crippen LogP contribution in [0.25, 0.3) is 0 Å². The number of aryl methyl sites for hydroxylation is 1. The molecule has 2 heterocycles. The molecule has 0 aliphatic carbocycles. The molecule has 3 aromatic rings. The van der Waals surface area contributed by atoms with Gasteiger partial charge in [0.1, 0.15) is 0 Å². The van der Waals surface area contributed by atoms with E-state index in [4.69, 9.17) is 4.74 Å². The van der Waals surface area contributed by atoms with Gasteiger partial charge in [-0.1, -0.05) is 17.7 Å². The summed E-state index contributed by atoms with van der Waals surface area (Å²) in [7, 11) is 1.66. The fourth-order valence-electron chi connectivity index (χ4n) is 2.54. The number of carbonyl (C=O) groups is 1. The first-order valence-corrected chi connectivity index (χ1v) is 9.29. The van der Waals surface area contributed by atoms with Crippen LogP contribution in [0.3, 0.4) is 0 Å². The summed E-state index contributed by atoms with van der Waals surface area (Å²) in [4.78, 5) is 25.1. The minimum Gasteiger partial charge on any atom is -0.385 e. The average Bonchev–Trinajstić information content (AvgIpc) is 2.74. The molecule has 0 saturated carbocycles. The molecule has 0 bridgehead atoms. The van der Waals surface area contributed by atoms with Crippen LogP contribution in [0.2, 0.25) is 0 Å². The zero-order valence-electron chi connectivity index (χ0n) is 16.5. The minimum absolute atomic E-state index is 0.297. The van der Waals surface area contributed by atoms with Gasteiger partial charge in [0.15, 0.2) is 0 Å². The van der Waals surface area contributed by atoms with E-state index in [-0.39, 0.29) is 5.91 Å². The van der Waals surface area contributed by atoms with E-state index in [2.05, 4.69) is 30.9 Å². The molecule has 0 spiro atoms. The number of rotatable bonds is 9. The van der Waals surface area contributed by atoms with Crippen molar-refractivity contribution in [3.63, 3.8) is 0 Å². The molecule has 0 fully saturated rings.